The summed E-state index contributed by atoms with van der Waals surface area (Å²) in [4.78, 5) is 9.60. The molecule has 0 aliphatic heterocycles. The molecule has 1 N–H and O–H groups in total. The van der Waals surface area contributed by atoms with Gasteiger partial charge < -0.3 is 10.1 Å². The van der Waals surface area contributed by atoms with Crippen LogP contribution in [0.1, 0.15) is 63.9 Å². The first-order valence-corrected chi connectivity index (χ1v) is 8.82. The highest BCUT2D eigenvalue weighted by Crippen LogP contribution is 2.39. The summed E-state index contributed by atoms with van der Waals surface area (Å²) < 4.78 is 6.93. The minimum atomic E-state index is -0.314. The van der Waals surface area contributed by atoms with Gasteiger partial charge in [0.25, 0.3) is 0 Å². The van der Waals surface area contributed by atoms with E-state index < -0.39 is 0 Å². The molecule has 0 unspecified atom stereocenters. The highest BCUT2D eigenvalue weighted by Gasteiger charge is 2.36. The van der Waals surface area contributed by atoms with Crippen LogP contribution >= 0.6 is 15.9 Å². The molecule has 0 amide bonds. The third-order valence-corrected chi connectivity index (χ3v) is 5.14. The summed E-state index contributed by atoms with van der Waals surface area (Å²) in [5.41, 5.74) is 0.738. The Balaban J connectivity index is 2.46. The third-order valence-electron chi connectivity index (χ3n) is 4.31. The average molecular weight is 356 g/mol. The molecule has 1 aliphatic carbocycles. The van der Waals surface area contributed by atoms with E-state index in [1.807, 2.05) is 0 Å². The van der Waals surface area contributed by atoms with E-state index in [9.17, 15) is 0 Å². The highest BCUT2D eigenvalue weighted by molar-refractivity contribution is 9.10. The monoisotopic (exact) mass is 355 g/mol. The molecule has 1 aromatic rings. The molecular weight excluding hydrogens is 330 g/mol. The SMILES string of the molecule is CCNc1nc(C2(OC)CCCCCC2)nc(CC)c1Br. The van der Waals surface area contributed by atoms with E-state index in [0.717, 1.165) is 47.6 Å². The second-order valence-electron chi connectivity index (χ2n) is 5.65. The van der Waals surface area contributed by atoms with E-state index in [0.29, 0.717) is 0 Å². The molecule has 1 aromatic heterocycles. The Bertz CT molecular complexity index is 471. The van der Waals surface area contributed by atoms with E-state index in [1.165, 1.54) is 25.7 Å². The standard InChI is InChI=1S/C16H26BrN3O/c1-4-12-13(17)14(18-5-2)20-15(19-12)16(21-3)10-8-6-7-9-11-16/h4-11H2,1-3H3,(H,18,19,20). The van der Waals surface area contributed by atoms with Gasteiger partial charge in [0.15, 0.2) is 5.82 Å². The zero-order valence-electron chi connectivity index (χ0n) is 13.3. The number of rotatable bonds is 5. The maximum Gasteiger partial charge on any atom is 0.162 e. The van der Waals surface area contributed by atoms with Crippen LogP contribution in [0.25, 0.3) is 0 Å². The van der Waals surface area contributed by atoms with Crippen molar-refractivity contribution in [2.75, 3.05) is 19.0 Å². The second-order valence-corrected chi connectivity index (χ2v) is 6.45. The Hall–Kier alpha value is -0.680. The fraction of sp³-hybridized carbons (Fsp3) is 0.750. The summed E-state index contributed by atoms with van der Waals surface area (Å²) in [6.45, 7) is 5.05. The zero-order valence-corrected chi connectivity index (χ0v) is 14.9. The number of nitrogens with one attached hydrogen (secondary N) is 1. The molecule has 118 valence electrons. The van der Waals surface area contributed by atoms with Crippen molar-refractivity contribution < 1.29 is 4.74 Å². The van der Waals surface area contributed by atoms with Gasteiger partial charge in [0.05, 0.1) is 10.2 Å². The first kappa shape index (κ1) is 16.7. The molecule has 0 saturated heterocycles. The molecule has 0 atom stereocenters. The van der Waals surface area contributed by atoms with Crippen molar-refractivity contribution in [1.29, 1.82) is 0 Å². The summed E-state index contributed by atoms with van der Waals surface area (Å²) in [6, 6.07) is 0. The number of anilines is 1. The minimum absolute atomic E-state index is 0.314. The maximum absolute atomic E-state index is 5.95. The first-order chi connectivity index (χ1) is 10.2. The smallest absolute Gasteiger partial charge is 0.162 e. The number of aromatic nitrogens is 2. The Kier molecular flexibility index (Phi) is 5.99. The van der Waals surface area contributed by atoms with Gasteiger partial charge in [0, 0.05) is 13.7 Å². The van der Waals surface area contributed by atoms with Crippen molar-refractivity contribution in [1.82, 2.24) is 9.97 Å². The summed E-state index contributed by atoms with van der Waals surface area (Å²) in [7, 11) is 1.80. The van der Waals surface area contributed by atoms with Crippen LogP contribution in [-0.4, -0.2) is 23.6 Å². The first-order valence-electron chi connectivity index (χ1n) is 8.02. The molecule has 1 aliphatic rings. The van der Waals surface area contributed by atoms with Crippen LogP contribution in [0.5, 0.6) is 0 Å². The van der Waals surface area contributed by atoms with Crippen molar-refractivity contribution in [3.8, 4) is 0 Å². The molecule has 0 bridgehead atoms. The molecule has 4 nitrogen and oxygen atoms in total. The van der Waals surface area contributed by atoms with E-state index in [1.54, 1.807) is 7.11 Å². The topological polar surface area (TPSA) is 47.0 Å². The van der Waals surface area contributed by atoms with Crippen LogP contribution in [0.15, 0.2) is 4.47 Å². The Morgan fingerprint density at radius 1 is 1.14 bits per heavy atom. The van der Waals surface area contributed by atoms with Crippen LogP contribution in [0.4, 0.5) is 5.82 Å². The van der Waals surface area contributed by atoms with E-state index in [2.05, 4.69) is 35.1 Å². The molecule has 0 spiro atoms. The summed E-state index contributed by atoms with van der Waals surface area (Å²) in [6.07, 6.45) is 7.84. The van der Waals surface area contributed by atoms with Gasteiger partial charge >= 0.3 is 0 Å². The summed E-state index contributed by atoms with van der Waals surface area (Å²) in [5.74, 6) is 1.74. The van der Waals surface area contributed by atoms with Gasteiger partial charge in [0.1, 0.15) is 11.4 Å². The quantitative estimate of drug-likeness (QED) is 0.793. The lowest BCUT2D eigenvalue weighted by atomic mass is 9.93. The third kappa shape index (κ3) is 3.57. The van der Waals surface area contributed by atoms with Gasteiger partial charge in [-0.3, -0.25) is 0 Å². The summed E-state index contributed by atoms with van der Waals surface area (Å²) >= 11 is 3.63. The van der Waals surface area contributed by atoms with Gasteiger partial charge in [-0.25, -0.2) is 9.97 Å². The number of nitrogens with zero attached hydrogens (tertiary/aromatic N) is 2. The summed E-state index contributed by atoms with van der Waals surface area (Å²) in [5, 5.41) is 3.33. The second kappa shape index (κ2) is 7.54. The lowest BCUT2D eigenvalue weighted by Crippen LogP contribution is -2.31. The molecule has 0 aromatic carbocycles. The fourth-order valence-electron chi connectivity index (χ4n) is 3.03. The normalized spacial score (nSPS) is 18.3. The molecule has 1 fully saturated rings. The lowest BCUT2D eigenvalue weighted by Gasteiger charge is -2.30. The van der Waals surface area contributed by atoms with Crippen molar-refractivity contribution in [2.24, 2.45) is 0 Å². The van der Waals surface area contributed by atoms with Crippen molar-refractivity contribution in [3.63, 3.8) is 0 Å². The van der Waals surface area contributed by atoms with Crippen molar-refractivity contribution >= 4 is 21.7 Å². The Morgan fingerprint density at radius 2 is 1.81 bits per heavy atom. The number of hydrogen-bond acceptors (Lipinski definition) is 4. The van der Waals surface area contributed by atoms with Crippen molar-refractivity contribution in [3.05, 3.63) is 16.0 Å². The predicted octanol–water partition coefficient (Wildman–Crippen LogP) is 4.43. The van der Waals surface area contributed by atoms with E-state index in [-0.39, 0.29) is 5.60 Å². The molecule has 1 saturated carbocycles. The Labute approximate surface area is 136 Å². The van der Waals surface area contributed by atoms with Crippen LogP contribution in [0.3, 0.4) is 0 Å². The van der Waals surface area contributed by atoms with Crippen LogP contribution < -0.4 is 5.32 Å². The molecule has 2 rings (SSSR count). The predicted molar refractivity (Wildman–Crippen MR) is 89.7 cm³/mol. The van der Waals surface area contributed by atoms with Gasteiger partial charge in [-0.15, -0.1) is 0 Å². The average Bonchev–Trinajstić information content (AvgIpc) is 2.76. The highest BCUT2D eigenvalue weighted by atomic mass is 79.9. The molecular formula is C16H26BrN3O. The minimum Gasteiger partial charge on any atom is -0.370 e. The van der Waals surface area contributed by atoms with Crippen LogP contribution in [0.2, 0.25) is 0 Å². The van der Waals surface area contributed by atoms with Gasteiger partial charge in [-0.05, 0) is 42.1 Å². The Morgan fingerprint density at radius 3 is 2.33 bits per heavy atom. The zero-order chi connectivity index (χ0) is 15.3. The molecule has 1 heterocycles. The number of methoxy groups -OCH3 is 1. The van der Waals surface area contributed by atoms with Gasteiger partial charge in [-0.2, -0.15) is 0 Å². The molecule has 0 radical (unpaired) electrons. The van der Waals surface area contributed by atoms with E-state index in [4.69, 9.17) is 14.7 Å². The number of halogens is 1. The van der Waals surface area contributed by atoms with Crippen molar-refractivity contribution in [2.45, 2.75) is 64.4 Å². The van der Waals surface area contributed by atoms with Gasteiger partial charge in [-0.1, -0.05) is 32.6 Å². The molecule has 5 heteroatoms. The van der Waals surface area contributed by atoms with E-state index >= 15 is 0 Å². The maximum atomic E-state index is 5.95. The lowest BCUT2D eigenvalue weighted by molar-refractivity contribution is -0.0352. The molecule has 21 heavy (non-hydrogen) atoms. The van der Waals surface area contributed by atoms with Gasteiger partial charge in [0.2, 0.25) is 0 Å². The number of hydrogen-bond donors (Lipinski definition) is 1. The van der Waals surface area contributed by atoms with Crippen LogP contribution in [-0.2, 0) is 16.8 Å². The van der Waals surface area contributed by atoms with Crippen LogP contribution in [0, 0.1) is 0 Å². The largest absolute Gasteiger partial charge is 0.370 e. The number of ether oxygens (including phenoxy) is 1. The number of aryl methyl sites for hydroxylation is 1. The fourth-order valence-corrected chi connectivity index (χ4v) is 3.63.